The van der Waals surface area contributed by atoms with Crippen molar-refractivity contribution >= 4 is 33.6 Å². The summed E-state index contributed by atoms with van der Waals surface area (Å²) < 4.78 is 43.7. The summed E-state index contributed by atoms with van der Waals surface area (Å²) in [5, 5.41) is 4.35. The summed E-state index contributed by atoms with van der Waals surface area (Å²) >= 11 is 0. The second kappa shape index (κ2) is 9.85. The fraction of sp³-hybridized carbons (Fsp3) is 0.143. The first-order valence-corrected chi connectivity index (χ1v) is 11.6. The zero-order chi connectivity index (χ0) is 26.0. The van der Waals surface area contributed by atoms with Crippen LogP contribution in [0.4, 0.5) is 23.7 Å². The summed E-state index contributed by atoms with van der Waals surface area (Å²) in [5.41, 5.74) is 2.81. The lowest BCUT2D eigenvalue weighted by Crippen LogP contribution is -2.15. The molecule has 2 heterocycles. The molecule has 2 aromatic heterocycles. The van der Waals surface area contributed by atoms with Crippen molar-refractivity contribution in [2.75, 3.05) is 11.9 Å². The zero-order valence-electron chi connectivity index (χ0n) is 19.5. The maximum absolute atomic E-state index is 12.8. The summed E-state index contributed by atoms with van der Waals surface area (Å²) in [6, 6.07) is 19.7. The summed E-state index contributed by atoms with van der Waals surface area (Å²) in [6.07, 6.45) is -2.57. The summed E-state index contributed by atoms with van der Waals surface area (Å²) in [5.74, 6) is 0. The van der Waals surface area contributed by atoms with Crippen molar-refractivity contribution in [3.05, 3.63) is 100 Å². The highest BCUT2D eigenvalue weighted by Gasteiger charge is 2.30. The van der Waals surface area contributed by atoms with Gasteiger partial charge in [0, 0.05) is 33.9 Å². The van der Waals surface area contributed by atoms with Gasteiger partial charge in [-0.2, -0.15) is 13.2 Å². The lowest BCUT2D eigenvalue weighted by Gasteiger charge is -2.10. The fourth-order valence-electron chi connectivity index (χ4n) is 4.27. The van der Waals surface area contributed by atoms with Gasteiger partial charge in [0.05, 0.1) is 17.7 Å². The average Bonchev–Trinajstić information content (AvgIpc) is 3.30. The van der Waals surface area contributed by atoms with Crippen molar-refractivity contribution in [2.45, 2.75) is 19.0 Å². The average molecular weight is 505 g/mol. The van der Waals surface area contributed by atoms with Gasteiger partial charge in [-0.25, -0.2) is 4.79 Å². The molecule has 1 amide bonds. The second-order valence-corrected chi connectivity index (χ2v) is 8.62. The number of para-hydroxylation sites is 1. The largest absolute Gasteiger partial charge is 0.449 e. The molecule has 5 aromatic rings. The zero-order valence-corrected chi connectivity index (χ0v) is 19.5. The number of hydrogen-bond acceptors (Lipinski definition) is 3. The van der Waals surface area contributed by atoms with E-state index in [0.717, 1.165) is 34.0 Å². The van der Waals surface area contributed by atoms with E-state index in [2.05, 4.69) is 15.3 Å². The minimum Gasteiger partial charge on any atom is -0.449 e. The third kappa shape index (κ3) is 5.35. The van der Waals surface area contributed by atoms with Crippen molar-refractivity contribution in [1.82, 2.24) is 9.97 Å². The molecule has 3 aromatic carbocycles. The third-order valence-corrected chi connectivity index (χ3v) is 6.07. The van der Waals surface area contributed by atoms with Crippen molar-refractivity contribution in [2.24, 2.45) is 0 Å². The van der Waals surface area contributed by atoms with Crippen LogP contribution in [0.3, 0.4) is 0 Å². The van der Waals surface area contributed by atoms with Gasteiger partial charge in [0.1, 0.15) is 0 Å². The molecule has 0 atom stereocenters. The number of nitrogens with one attached hydrogen (secondary N) is 3. The number of alkyl halides is 3. The highest BCUT2D eigenvalue weighted by molar-refractivity contribution is 5.98. The van der Waals surface area contributed by atoms with E-state index in [1.165, 1.54) is 6.07 Å². The molecular weight excluding hydrogens is 483 g/mol. The number of aromatic nitrogens is 2. The third-order valence-electron chi connectivity index (χ3n) is 6.07. The number of aryl methyl sites for hydroxylation is 1. The molecule has 3 N–H and O–H groups in total. The molecule has 9 heteroatoms. The Morgan fingerprint density at radius 3 is 2.59 bits per heavy atom. The van der Waals surface area contributed by atoms with Crippen LogP contribution in [-0.2, 0) is 17.3 Å². The molecule has 0 aliphatic rings. The smallest absolute Gasteiger partial charge is 0.416 e. The Balaban J connectivity index is 1.21. The second-order valence-electron chi connectivity index (χ2n) is 8.62. The van der Waals surface area contributed by atoms with E-state index in [4.69, 9.17) is 4.74 Å². The summed E-state index contributed by atoms with van der Waals surface area (Å²) in [6.45, 7) is 0.0421. The van der Waals surface area contributed by atoms with Crippen LogP contribution in [0, 0.1) is 0 Å². The molecule has 188 valence electrons. The molecule has 0 aliphatic carbocycles. The number of aromatic amines is 2. The van der Waals surface area contributed by atoms with Crippen LogP contribution in [0.5, 0.6) is 0 Å². The van der Waals surface area contributed by atoms with E-state index in [-0.39, 0.29) is 12.2 Å². The number of halogens is 3. The lowest BCUT2D eigenvalue weighted by atomic mass is 10.0. The van der Waals surface area contributed by atoms with Crippen LogP contribution < -0.4 is 10.9 Å². The molecule has 0 bridgehead atoms. The van der Waals surface area contributed by atoms with Crippen LogP contribution >= 0.6 is 0 Å². The highest BCUT2D eigenvalue weighted by Crippen LogP contribution is 2.30. The Labute approximate surface area is 209 Å². The SMILES string of the molecule is O=C(Nc1ccc2cc(-c3c[nH]c4ccccc34)c(=O)[nH]c2c1)OCCCc1cccc(C(F)(F)F)c1. The Kier molecular flexibility index (Phi) is 6.43. The van der Waals surface area contributed by atoms with Crippen molar-refractivity contribution < 1.29 is 22.7 Å². The van der Waals surface area contributed by atoms with Crippen LogP contribution in [0.15, 0.2) is 83.8 Å². The first-order chi connectivity index (χ1) is 17.8. The van der Waals surface area contributed by atoms with Crippen molar-refractivity contribution in [3.8, 4) is 11.1 Å². The van der Waals surface area contributed by atoms with Crippen molar-refractivity contribution in [1.29, 1.82) is 0 Å². The van der Waals surface area contributed by atoms with Gasteiger partial charge < -0.3 is 14.7 Å². The maximum Gasteiger partial charge on any atom is 0.416 e. The van der Waals surface area contributed by atoms with E-state index in [0.29, 0.717) is 35.2 Å². The lowest BCUT2D eigenvalue weighted by molar-refractivity contribution is -0.137. The predicted molar refractivity (Wildman–Crippen MR) is 137 cm³/mol. The normalized spacial score (nSPS) is 11.6. The number of hydrogen-bond donors (Lipinski definition) is 3. The molecule has 0 fully saturated rings. The molecule has 0 aliphatic heterocycles. The fourth-order valence-corrected chi connectivity index (χ4v) is 4.27. The van der Waals surface area contributed by atoms with Crippen LogP contribution in [0.2, 0.25) is 0 Å². The van der Waals surface area contributed by atoms with Gasteiger partial charge in [0.2, 0.25) is 0 Å². The first-order valence-electron chi connectivity index (χ1n) is 11.6. The van der Waals surface area contributed by atoms with Crippen LogP contribution in [0.25, 0.3) is 32.9 Å². The summed E-state index contributed by atoms with van der Waals surface area (Å²) in [4.78, 5) is 31.1. The number of carbonyl (C=O) groups is 1. The molecule has 0 saturated carbocycles. The van der Waals surface area contributed by atoms with Gasteiger partial charge in [0.15, 0.2) is 0 Å². The molecule has 0 spiro atoms. The Hall–Kier alpha value is -4.53. The number of pyridine rings is 1. The number of anilines is 1. The van der Waals surface area contributed by atoms with E-state index in [1.807, 2.05) is 24.3 Å². The number of fused-ring (bicyclic) bond motifs is 2. The van der Waals surface area contributed by atoms with Gasteiger partial charge in [-0.05, 0) is 54.1 Å². The van der Waals surface area contributed by atoms with Crippen LogP contribution in [-0.4, -0.2) is 22.7 Å². The predicted octanol–water partition coefficient (Wildman–Crippen LogP) is 6.88. The molecule has 0 saturated heterocycles. The Morgan fingerprint density at radius 1 is 0.919 bits per heavy atom. The van der Waals surface area contributed by atoms with E-state index in [9.17, 15) is 22.8 Å². The number of rotatable bonds is 6. The number of benzene rings is 3. The number of carbonyl (C=O) groups excluding carboxylic acids is 1. The minimum atomic E-state index is -4.39. The molecular formula is C28H22F3N3O3. The summed E-state index contributed by atoms with van der Waals surface area (Å²) in [7, 11) is 0. The molecule has 0 unspecified atom stereocenters. The number of H-pyrrole nitrogens is 2. The van der Waals surface area contributed by atoms with Gasteiger partial charge in [0.25, 0.3) is 5.56 Å². The standard InChI is InChI=1S/C28H22F3N3O3/c29-28(30,31)19-7-3-5-17(13-19)6-4-12-37-27(36)33-20-11-10-18-14-22(26(35)34-25(18)15-20)23-16-32-24-9-2-1-8-21(23)24/h1-3,5,7-11,13-16,32H,4,6,12H2,(H,33,36)(H,34,35). The maximum atomic E-state index is 12.8. The van der Waals surface area contributed by atoms with Crippen LogP contribution in [0.1, 0.15) is 17.5 Å². The monoisotopic (exact) mass is 505 g/mol. The molecule has 6 nitrogen and oxygen atoms in total. The quantitative estimate of drug-likeness (QED) is 0.220. The molecule has 0 radical (unpaired) electrons. The molecule has 5 rings (SSSR count). The topological polar surface area (TPSA) is 87.0 Å². The minimum absolute atomic E-state index is 0.0421. The first kappa shape index (κ1) is 24.2. The van der Waals surface area contributed by atoms with Crippen molar-refractivity contribution in [3.63, 3.8) is 0 Å². The van der Waals surface area contributed by atoms with E-state index >= 15 is 0 Å². The van der Waals surface area contributed by atoms with Gasteiger partial charge in [-0.15, -0.1) is 0 Å². The molecule has 37 heavy (non-hydrogen) atoms. The highest BCUT2D eigenvalue weighted by atomic mass is 19.4. The van der Waals surface area contributed by atoms with E-state index < -0.39 is 17.8 Å². The number of amides is 1. The Bertz CT molecular complexity index is 1650. The van der Waals surface area contributed by atoms with Gasteiger partial charge >= 0.3 is 12.3 Å². The number of ether oxygens (including phenoxy) is 1. The Morgan fingerprint density at radius 2 is 1.76 bits per heavy atom. The van der Waals surface area contributed by atoms with E-state index in [1.54, 1.807) is 36.5 Å². The van der Waals surface area contributed by atoms with Gasteiger partial charge in [-0.1, -0.05) is 42.5 Å². The van der Waals surface area contributed by atoms with Gasteiger partial charge in [-0.3, -0.25) is 10.1 Å².